The Morgan fingerprint density at radius 3 is 3.21 bits per heavy atom. The molecule has 0 saturated carbocycles. The van der Waals surface area contributed by atoms with Crippen LogP contribution in [-0.4, -0.2) is 35.6 Å². The van der Waals surface area contributed by atoms with Gasteiger partial charge in [-0.05, 0) is 18.6 Å². The molecule has 2 aromatic rings. The lowest BCUT2D eigenvalue weighted by Gasteiger charge is -2.19. The number of nitrogens with one attached hydrogen (secondary N) is 2. The standard InChI is InChI=1S/C13H17N3O3/c1-9-2-3-18-12(9)6-14-11-7-17-8-13(11)19-10-4-15-16-5-10/h2-5,11,13-14H,6-8H2,1H3,(H,15,16)/t11-,13+/m0/s1. The van der Waals surface area contributed by atoms with Crippen LogP contribution in [0.1, 0.15) is 11.3 Å². The first-order chi connectivity index (χ1) is 9.33. The Bertz CT molecular complexity index is 509. The maximum Gasteiger partial charge on any atom is 0.157 e. The topological polar surface area (TPSA) is 72.3 Å². The summed E-state index contributed by atoms with van der Waals surface area (Å²) in [7, 11) is 0. The summed E-state index contributed by atoms with van der Waals surface area (Å²) in [5.41, 5.74) is 1.15. The largest absolute Gasteiger partial charge is 0.483 e. The average Bonchev–Trinajstić information content (AvgIpc) is 3.11. The van der Waals surface area contributed by atoms with E-state index in [1.54, 1.807) is 18.7 Å². The molecule has 0 amide bonds. The van der Waals surface area contributed by atoms with E-state index in [2.05, 4.69) is 15.5 Å². The Labute approximate surface area is 111 Å². The summed E-state index contributed by atoms with van der Waals surface area (Å²) in [5, 5.41) is 10.0. The second-order valence-electron chi connectivity index (χ2n) is 4.64. The van der Waals surface area contributed by atoms with Gasteiger partial charge in [-0.1, -0.05) is 0 Å². The highest BCUT2D eigenvalue weighted by Gasteiger charge is 2.30. The van der Waals surface area contributed by atoms with Crippen LogP contribution in [0.15, 0.2) is 29.1 Å². The molecule has 3 heterocycles. The zero-order valence-corrected chi connectivity index (χ0v) is 10.8. The molecule has 1 aliphatic heterocycles. The number of aryl methyl sites for hydroxylation is 1. The van der Waals surface area contributed by atoms with Gasteiger partial charge in [-0.25, -0.2) is 0 Å². The number of hydrogen-bond acceptors (Lipinski definition) is 5. The van der Waals surface area contributed by atoms with Gasteiger partial charge in [-0.3, -0.25) is 5.10 Å². The average molecular weight is 263 g/mol. The third kappa shape index (κ3) is 2.80. The fourth-order valence-corrected chi connectivity index (χ4v) is 2.13. The van der Waals surface area contributed by atoms with Crippen LogP contribution < -0.4 is 10.1 Å². The lowest BCUT2D eigenvalue weighted by Crippen LogP contribution is -2.41. The number of ether oxygens (including phenoxy) is 2. The van der Waals surface area contributed by atoms with Gasteiger partial charge in [0.2, 0.25) is 0 Å². The van der Waals surface area contributed by atoms with Gasteiger partial charge in [0.25, 0.3) is 0 Å². The maximum absolute atomic E-state index is 5.82. The van der Waals surface area contributed by atoms with Crippen molar-refractivity contribution >= 4 is 0 Å². The molecule has 1 aliphatic rings. The van der Waals surface area contributed by atoms with E-state index in [-0.39, 0.29) is 12.1 Å². The van der Waals surface area contributed by atoms with Crippen LogP contribution in [0.5, 0.6) is 5.75 Å². The summed E-state index contributed by atoms with van der Waals surface area (Å²) < 4.78 is 16.7. The second-order valence-corrected chi connectivity index (χ2v) is 4.64. The fourth-order valence-electron chi connectivity index (χ4n) is 2.13. The molecule has 2 N–H and O–H groups in total. The van der Waals surface area contributed by atoms with Crippen molar-refractivity contribution in [3.05, 3.63) is 36.0 Å². The minimum absolute atomic E-state index is 0.00660. The van der Waals surface area contributed by atoms with Gasteiger partial charge in [0.05, 0.1) is 44.5 Å². The number of aromatic nitrogens is 2. The van der Waals surface area contributed by atoms with E-state index in [4.69, 9.17) is 13.9 Å². The number of furan rings is 1. The minimum atomic E-state index is -0.00660. The Kier molecular flexibility index (Phi) is 3.52. The Balaban J connectivity index is 1.56. The van der Waals surface area contributed by atoms with Crippen molar-refractivity contribution in [2.45, 2.75) is 25.6 Å². The first-order valence-corrected chi connectivity index (χ1v) is 6.32. The van der Waals surface area contributed by atoms with Crippen molar-refractivity contribution < 1.29 is 13.9 Å². The summed E-state index contributed by atoms with van der Waals surface area (Å²) in [4.78, 5) is 0. The molecule has 0 spiro atoms. The number of aromatic amines is 1. The highest BCUT2D eigenvalue weighted by molar-refractivity contribution is 5.15. The zero-order valence-electron chi connectivity index (χ0n) is 10.8. The molecule has 0 bridgehead atoms. The molecule has 0 aliphatic carbocycles. The molecular formula is C13H17N3O3. The number of nitrogens with zero attached hydrogens (tertiary/aromatic N) is 1. The molecule has 102 valence electrons. The summed E-state index contributed by atoms with van der Waals surface area (Å²) in [5.74, 6) is 1.69. The minimum Gasteiger partial charge on any atom is -0.483 e. The third-order valence-corrected chi connectivity index (χ3v) is 3.28. The van der Waals surface area contributed by atoms with Crippen molar-refractivity contribution in [3.63, 3.8) is 0 Å². The normalized spacial score (nSPS) is 22.8. The first kappa shape index (κ1) is 12.3. The second kappa shape index (κ2) is 5.46. The van der Waals surface area contributed by atoms with Crippen LogP contribution in [0.2, 0.25) is 0 Å². The summed E-state index contributed by atoms with van der Waals surface area (Å²) >= 11 is 0. The van der Waals surface area contributed by atoms with E-state index in [9.17, 15) is 0 Å². The molecule has 6 heteroatoms. The Morgan fingerprint density at radius 1 is 1.53 bits per heavy atom. The third-order valence-electron chi connectivity index (χ3n) is 3.28. The summed E-state index contributed by atoms with van der Waals surface area (Å²) in [6, 6.07) is 2.11. The number of H-pyrrole nitrogens is 1. The van der Waals surface area contributed by atoms with Crippen molar-refractivity contribution in [2.24, 2.45) is 0 Å². The SMILES string of the molecule is Cc1ccoc1CN[C@H]1COC[C@H]1Oc1cn[nH]c1. The van der Waals surface area contributed by atoms with Crippen molar-refractivity contribution in [3.8, 4) is 5.75 Å². The number of rotatable bonds is 5. The lowest BCUT2D eigenvalue weighted by molar-refractivity contribution is 0.139. The molecule has 19 heavy (non-hydrogen) atoms. The van der Waals surface area contributed by atoms with Crippen LogP contribution >= 0.6 is 0 Å². The Morgan fingerprint density at radius 2 is 2.47 bits per heavy atom. The molecule has 0 aromatic carbocycles. The molecule has 0 radical (unpaired) electrons. The van der Waals surface area contributed by atoms with Gasteiger partial charge in [0.15, 0.2) is 5.75 Å². The molecule has 1 saturated heterocycles. The van der Waals surface area contributed by atoms with Gasteiger partial charge in [0, 0.05) is 0 Å². The highest BCUT2D eigenvalue weighted by atomic mass is 16.5. The van der Waals surface area contributed by atoms with E-state index in [1.807, 2.05) is 13.0 Å². The molecule has 3 rings (SSSR count). The van der Waals surface area contributed by atoms with Gasteiger partial charge in [-0.15, -0.1) is 0 Å². The molecule has 0 unspecified atom stereocenters. The van der Waals surface area contributed by atoms with Crippen LogP contribution in [0, 0.1) is 6.92 Å². The molecular weight excluding hydrogens is 246 g/mol. The van der Waals surface area contributed by atoms with E-state index >= 15 is 0 Å². The summed E-state index contributed by atoms with van der Waals surface area (Å²) in [6.07, 6.45) is 5.09. The highest BCUT2D eigenvalue weighted by Crippen LogP contribution is 2.16. The quantitative estimate of drug-likeness (QED) is 0.849. The van der Waals surface area contributed by atoms with Gasteiger partial charge in [0.1, 0.15) is 11.9 Å². The zero-order chi connectivity index (χ0) is 13.1. The predicted octanol–water partition coefficient (Wildman–Crippen LogP) is 1.25. The lowest BCUT2D eigenvalue weighted by atomic mass is 10.2. The molecule has 2 aromatic heterocycles. The van der Waals surface area contributed by atoms with E-state index in [0.29, 0.717) is 19.8 Å². The predicted molar refractivity (Wildman–Crippen MR) is 67.9 cm³/mol. The van der Waals surface area contributed by atoms with Crippen LogP contribution in [0.25, 0.3) is 0 Å². The van der Waals surface area contributed by atoms with E-state index in [0.717, 1.165) is 17.1 Å². The van der Waals surface area contributed by atoms with Crippen LogP contribution in [0.3, 0.4) is 0 Å². The molecule has 2 atom stereocenters. The van der Waals surface area contributed by atoms with Crippen molar-refractivity contribution in [1.82, 2.24) is 15.5 Å². The fraction of sp³-hybridized carbons (Fsp3) is 0.462. The van der Waals surface area contributed by atoms with Gasteiger partial charge in [-0.2, -0.15) is 5.10 Å². The van der Waals surface area contributed by atoms with Gasteiger partial charge >= 0.3 is 0 Å². The van der Waals surface area contributed by atoms with Crippen LogP contribution in [-0.2, 0) is 11.3 Å². The molecule has 6 nitrogen and oxygen atoms in total. The number of hydrogen-bond donors (Lipinski definition) is 2. The van der Waals surface area contributed by atoms with E-state index < -0.39 is 0 Å². The van der Waals surface area contributed by atoms with Crippen LogP contribution in [0.4, 0.5) is 0 Å². The van der Waals surface area contributed by atoms with Crippen molar-refractivity contribution in [2.75, 3.05) is 13.2 Å². The molecule has 1 fully saturated rings. The summed E-state index contributed by atoms with van der Waals surface area (Å²) in [6.45, 7) is 3.94. The van der Waals surface area contributed by atoms with Crippen molar-refractivity contribution in [1.29, 1.82) is 0 Å². The Hall–Kier alpha value is -1.79. The first-order valence-electron chi connectivity index (χ1n) is 6.32. The van der Waals surface area contributed by atoms with E-state index in [1.165, 1.54) is 0 Å². The van der Waals surface area contributed by atoms with Gasteiger partial charge < -0.3 is 19.2 Å². The smallest absolute Gasteiger partial charge is 0.157 e. The monoisotopic (exact) mass is 263 g/mol. The maximum atomic E-state index is 5.82.